The summed E-state index contributed by atoms with van der Waals surface area (Å²) >= 11 is 0. The van der Waals surface area contributed by atoms with E-state index in [0.29, 0.717) is 12.3 Å². The van der Waals surface area contributed by atoms with Crippen molar-refractivity contribution >= 4 is 0 Å². The third-order valence-corrected chi connectivity index (χ3v) is 4.68. The molecular weight excluding hydrogens is 250 g/mol. The molecule has 0 aliphatic heterocycles. The summed E-state index contributed by atoms with van der Waals surface area (Å²) in [5.41, 5.74) is 8.16. The number of aromatic hydroxyl groups is 1. The zero-order valence-electron chi connectivity index (χ0n) is 13.1. The number of methoxy groups -OCH3 is 1. The van der Waals surface area contributed by atoms with Crippen molar-refractivity contribution in [3.05, 3.63) is 23.3 Å². The standard InChI is InChI=1S/C17H27NO2/c1-16(2,3)12-9-13(15(19)14(10-12)20-4)17(11-18)7-5-6-8-17/h9-10,19H,5-8,11,18H2,1-4H3. The van der Waals surface area contributed by atoms with Gasteiger partial charge in [0.15, 0.2) is 11.5 Å². The highest BCUT2D eigenvalue weighted by molar-refractivity contribution is 5.53. The van der Waals surface area contributed by atoms with Gasteiger partial charge in [-0.3, -0.25) is 0 Å². The molecule has 0 heterocycles. The van der Waals surface area contributed by atoms with E-state index in [9.17, 15) is 5.11 Å². The summed E-state index contributed by atoms with van der Waals surface area (Å²) in [6, 6.07) is 4.08. The van der Waals surface area contributed by atoms with Crippen molar-refractivity contribution in [2.24, 2.45) is 5.73 Å². The third-order valence-electron chi connectivity index (χ3n) is 4.68. The molecule has 3 nitrogen and oxygen atoms in total. The largest absolute Gasteiger partial charge is 0.504 e. The summed E-state index contributed by atoms with van der Waals surface area (Å²) in [4.78, 5) is 0. The molecule has 112 valence electrons. The Labute approximate surface area is 122 Å². The van der Waals surface area contributed by atoms with Crippen LogP contribution in [-0.4, -0.2) is 18.8 Å². The minimum atomic E-state index is -0.0847. The quantitative estimate of drug-likeness (QED) is 0.889. The Bertz CT molecular complexity index is 482. The monoisotopic (exact) mass is 277 g/mol. The maximum absolute atomic E-state index is 10.6. The van der Waals surface area contributed by atoms with Gasteiger partial charge in [-0.15, -0.1) is 0 Å². The topological polar surface area (TPSA) is 55.5 Å². The van der Waals surface area contributed by atoms with Crippen LogP contribution in [0.4, 0.5) is 0 Å². The highest BCUT2D eigenvalue weighted by atomic mass is 16.5. The van der Waals surface area contributed by atoms with Crippen LogP contribution in [-0.2, 0) is 10.8 Å². The van der Waals surface area contributed by atoms with E-state index in [1.54, 1.807) is 7.11 Å². The Morgan fingerprint density at radius 2 is 1.85 bits per heavy atom. The first kappa shape index (κ1) is 15.2. The molecule has 1 aromatic carbocycles. The Hall–Kier alpha value is -1.22. The summed E-state index contributed by atoms with van der Waals surface area (Å²) < 4.78 is 5.38. The molecule has 0 atom stereocenters. The fourth-order valence-electron chi connectivity index (χ4n) is 3.24. The molecule has 1 saturated carbocycles. The molecule has 0 saturated heterocycles. The average Bonchev–Trinajstić information content (AvgIpc) is 2.87. The smallest absolute Gasteiger partial charge is 0.161 e. The lowest BCUT2D eigenvalue weighted by atomic mass is 9.75. The van der Waals surface area contributed by atoms with Gasteiger partial charge >= 0.3 is 0 Å². The lowest BCUT2D eigenvalue weighted by Gasteiger charge is -2.31. The number of rotatable bonds is 3. The van der Waals surface area contributed by atoms with Gasteiger partial charge in [0.1, 0.15) is 0 Å². The molecule has 2 rings (SSSR count). The number of ether oxygens (including phenoxy) is 1. The molecule has 0 amide bonds. The Balaban J connectivity index is 2.62. The number of nitrogens with two attached hydrogens (primary N) is 1. The fraction of sp³-hybridized carbons (Fsp3) is 0.647. The van der Waals surface area contributed by atoms with Gasteiger partial charge in [-0.25, -0.2) is 0 Å². The van der Waals surface area contributed by atoms with E-state index in [2.05, 4.69) is 26.8 Å². The van der Waals surface area contributed by atoms with E-state index < -0.39 is 0 Å². The van der Waals surface area contributed by atoms with Gasteiger partial charge in [0.25, 0.3) is 0 Å². The third kappa shape index (κ3) is 2.51. The van der Waals surface area contributed by atoms with E-state index in [1.807, 2.05) is 6.07 Å². The van der Waals surface area contributed by atoms with Crippen LogP contribution in [0, 0.1) is 0 Å². The summed E-state index contributed by atoms with van der Waals surface area (Å²) in [5, 5.41) is 10.6. The van der Waals surface area contributed by atoms with Crippen molar-refractivity contribution in [1.82, 2.24) is 0 Å². The second kappa shape index (κ2) is 5.28. The van der Waals surface area contributed by atoms with Crippen molar-refractivity contribution in [3.8, 4) is 11.5 Å². The van der Waals surface area contributed by atoms with Crippen LogP contribution in [0.5, 0.6) is 11.5 Å². The molecule has 1 aliphatic carbocycles. The molecule has 0 radical (unpaired) electrons. The zero-order chi connectivity index (χ0) is 15.0. The van der Waals surface area contributed by atoms with Crippen molar-refractivity contribution in [3.63, 3.8) is 0 Å². The van der Waals surface area contributed by atoms with E-state index in [-0.39, 0.29) is 16.6 Å². The molecular formula is C17H27NO2. The number of benzene rings is 1. The predicted molar refractivity (Wildman–Crippen MR) is 82.6 cm³/mol. The summed E-state index contributed by atoms with van der Waals surface area (Å²) in [5.74, 6) is 0.833. The molecule has 1 aromatic rings. The van der Waals surface area contributed by atoms with Crippen LogP contribution in [0.3, 0.4) is 0 Å². The maximum Gasteiger partial charge on any atom is 0.161 e. The van der Waals surface area contributed by atoms with Gasteiger partial charge in [-0.05, 0) is 29.9 Å². The van der Waals surface area contributed by atoms with Gasteiger partial charge in [-0.2, -0.15) is 0 Å². The van der Waals surface area contributed by atoms with E-state index in [4.69, 9.17) is 10.5 Å². The molecule has 0 bridgehead atoms. The van der Waals surface area contributed by atoms with E-state index in [0.717, 1.165) is 18.4 Å². The van der Waals surface area contributed by atoms with Gasteiger partial charge in [0.05, 0.1) is 7.11 Å². The molecule has 3 heteroatoms. The molecule has 1 fully saturated rings. The Morgan fingerprint density at radius 3 is 2.30 bits per heavy atom. The Morgan fingerprint density at radius 1 is 1.25 bits per heavy atom. The first-order valence-electron chi connectivity index (χ1n) is 7.46. The predicted octanol–water partition coefficient (Wildman–Crippen LogP) is 3.47. The van der Waals surface area contributed by atoms with Crippen molar-refractivity contribution in [1.29, 1.82) is 0 Å². The van der Waals surface area contributed by atoms with Crippen LogP contribution in [0.15, 0.2) is 12.1 Å². The van der Waals surface area contributed by atoms with Gasteiger partial charge in [0, 0.05) is 17.5 Å². The van der Waals surface area contributed by atoms with Gasteiger partial charge < -0.3 is 15.6 Å². The molecule has 3 N–H and O–H groups in total. The summed E-state index contributed by atoms with van der Waals surface area (Å²) in [7, 11) is 1.61. The number of hydrogen-bond donors (Lipinski definition) is 2. The van der Waals surface area contributed by atoms with E-state index >= 15 is 0 Å². The molecule has 20 heavy (non-hydrogen) atoms. The zero-order valence-corrected chi connectivity index (χ0v) is 13.1. The van der Waals surface area contributed by atoms with Crippen molar-refractivity contribution < 1.29 is 9.84 Å². The van der Waals surface area contributed by atoms with Crippen LogP contribution in [0.2, 0.25) is 0 Å². The van der Waals surface area contributed by atoms with Crippen LogP contribution < -0.4 is 10.5 Å². The highest BCUT2D eigenvalue weighted by Gasteiger charge is 2.38. The van der Waals surface area contributed by atoms with Crippen molar-refractivity contribution in [2.45, 2.75) is 57.3 Å². The van der Waals surface area contributed by atoms with Gasteiger partial charge in [0.2, 0.25) is 0 Å². The molecule has 0 spiro atoms. The normalized spacial score (nSPS) is 18.2. The number of phenolic OH excluding ortho intramolecular Hbond substituents is 1. The number of phenols is 1. The summed E-state index contributed by atoms with van der Waals surface area (Å²) in [6.07, 6.45) is 4.46. The maximum atomic E-state index is 10.6. The van der Waals surface area contributed by atoms with E-state index in [1.165, 1.54) is 18.4 Å². The highest BCUT2D eigenvalue weighted by Crippen LogP contribution is 2.48. The lowest BCUT2D eigenvalue weighted by molar-refractivity contribution is 0.352. The van der Waals surface area contributed by atoms with Crippen molar-refractivity contribution in [2.75, 3.05) is 13.7 Å². The van der Waals surface area contributed by atoms with Crippen LogP contribution in [0.1, 0.15) is 57.6 Å². The first-order chi connectivity index (χ1) is 9.34. The van der Waals surface area contributed by atoms with Crippen LogP contribution in [0.25, 0.3) is 0 Å². The lowest BCUT2D eigenvalue weighted by Crippen LogP contribution is -2.32. The Kier molecular flexibility index (Phi) is 4.01. The first-order valence-corrected chi connectivity index (χ1v) is 7.46. The second-order valence-electron chi connectivity index (χ2n) is 7.02. The van der Waals surface area contributed by atoms with Crippen LogP contribution >= 0.6 is 0 Å². The minimum Gasteiger partial charge on any atom is -0.504 e. The SMILES string of the molecule is COc1cc(C(C)(C)C)cc(C2(CN)CCCC2)c1O. The molecule has 1 aliphatic rings. The van der Waals surface area contributed by atoms with Gasteiger partial charge in [-0.1, -0.05) is 39.7 Å². The molecule has 0 unspecified atom stereocenters. The fourth-order valence-corrected chi connectivity index (χ4v) is 3.24. The minimum absolute atomic E-state index is 0.0180. The summed E-state index contributed by atoms with van der Waals surface area (Å²) in [6.45, 7) is 7.10. The number of hydrogen-bond acceptors (Lipinski definition) is 3. The second-order valence-corrected chi connectivity index (χ2v) is 7.02. The average molecular weight is 277 g/mol. The molecule has 0 aromatic heterocycles.